The first-order chi connectivity index (χ1) is 15.3. The zero-order valence-electron chi connectivity index (χ0n) is 18.6. The largest absolute Gasteiger partial charge is 0.497 e. The molecule has 0 aromatic heterocycles. The normalized spacial score (nSPS) is 19.6. The molecule has 1 N–H and O–H groups in total. The van der Waals surface area contributed by atoms with Crippen molar-refractivity contribution in [1.82, 2.24) is 15.1 Å². The number of carbonyl (C=O) groups excluding carboxylic acids is 2. The van der Waals surface area contributed by atoms with E-state index in [2.05, 4.69) is 5.32 Å². The molecule has 8 heteroatoms. The Morgan fingerprint density at radius 3 is 2.53 bits per heavy atom. The quantitative estimate of drug-likeness (QED) is 0.790. The number of urea groups is 1. The third-order valence-electron chi connectivity index (χ3n) is 5.90. The second-order valence-corrected chi connectivity index (χ2v) is 8.76. The third-order valence-corrected chi connectivity index (χ3v) is 5.90. The number of benzene rings is 2. The van der Waals surface area contributed by atoms with Crippen molar-refractivity contribution < 1.29 is 23.5 Å². The summed E-state index contributed by atoms with van der Waals surface area (Å²) in [6.45, 7) is 5.61. The van der Waals surface area contributed by atoms with Crippen LogP contribution in [0.25, 0.3) is 0 Å². The molecule has 2 aliphatic heterocycles. The van der Waals surface area contributed by atoms with E-state index < -0.39 is 5.60 Å². The smallest absolute Gasteiger partial charge is 0.318 e. The Morgan fingerprint density at radius 2 is 1.81 bits per heavy atom. The van der Waals surface area contributed by atoms with Crippen LogP contribution < -0.4 is 14.8 Å². The molecule has 32 heavy (non-hydrogen) atoms. The highest BCUT2D eigenvalue weighted by molar-refractivity contribution is 5.94. The van der Waals surface area contributed by atoms with E-state index in [1.165, 1.54) is 12.1 Å². The second-order valence-electron chi connectivity index (χ2n) is 8.76. The van der Waals surface area contributed by atoms with E-state index >= 15 is 0 Å². The molecule has 2 aromatic carbocycles. The van der Waals surface area contributed by atoms with Crippen LogP contribution in [0.4, 0.5) is 9.18 Å². The van der Waals surface area contributed by atoms with Crippen LogP contribution >= 0.6 is 0 Å². The number of hydrogen-bond donors (Lipinski definition) is 1. The fourth-order valence-corrected chi connectivity index (χ4v) is 4.25. The van der Waals surface area contributed by atoms with Gasteiger partial charge >= 0.3 is 6.03 Å². The van der Waals surface area contributed by atoms with Gasteiger partial charge < -0.3 is 24.6 Å². The molecule has 4 rings (SSSR count). The SMILES string of the molecule is COc1cccc(C(=O)N2CCN(C(=O)NC3CC(C)(C)Oc4cc(F)ccc43)CC2)c1. The lowest BCUT2D eigenvalue weighted by Gasteiger charge is -2.40. The fourth-order valence-electron chi connectivity index (χ4n) is 4.25. The van der Waals surface area contributed by atoms with Gasteiger partial charge in [0.15, 0.2) is 0 Å². The Balaban J connectivity index is 1.38. The minimum absolute atomic E-state index is 0.0777. The summed E-state index contributed by atoms with van der Waals surface area (Å²) in [4.78, 5) is 29.2. The highest BCUT2D eigenvalue weighted by Crippen LogP contribution is 2.39. The van der Waals surface area contributed by atoms with Crippen LogP contribution in [0.3, 0.4) is 0 Å². The van der Waals surface area contributed by atoms with Gasteiger partial charge in [0.1, 0.15) is 22.9 Å². The van der Waals surface area contributed by atoms with E-state index in [9.17, 15) is 14.0 Å². The molecule has 0 spiro atoms. The average molecular weight is 442 g/mol. The van der Waals surface area contributed by atoms with E-state index in [0.717, 1.165) is 5.56 Å². The Hall–Kier alpha value is -3.29. The number of piperazine rings is 1. The van der Waals surface area contributed by atoms with Gasteiger partial charge in [0.05, 0.1) is 13.2 Å². The predicted molar refractivity (Wildman–Crippen MR) is 117 cm³/mol. The van der Waals surface area contributed by atoms with Gasteiger partial charge in [0.2, 0.25) is 0 Å². The Morgan fingerprint density at radius 1 is 1.09 bits per heavy atom. The van der Waals surface area contributed by atoms with Gasteiger partial charge in [-0.05, 0) is 38.1 Å². The summed E-state index contributed by atoms with van der Waals surface area (Å²) in [5.74, 6) is 0.642. The van der Waals surface area contributed by atoms with Crippen molar-refractivity contribution in [2.45, 2.75) is 31.9 Å². The van der Waals surface area contributed by atoms with Gasteiger partial charge in [-0.15, -0.1) is 0 Å². The molecule has 7 nitrogen and oxygen atoms in total. The van der Waals surface area contributed by atoms with Gasteiger partial charge in [0.25, 0.3) is 5.91 Å². The zero-order valence-corrected chi connectivity index (χ0v) is 18.6. The number of fused-ring (bicyclic) bond motifs is 1. The summed E-state index contributed by atoms with van der Waals surface area (Å²) < 4.78 is 24.8. The number of halogens is 1. The van der Waals surface area contributed by atoms with Crippen molar-refractivity contribution in [2.75, 3.05) is 33.3 Å². The van der Waals surface area contributed by atoms with E-state index in [0.29, 0.717) is 49.7 Å². The first kappa shape index (κ1) is 21.9. The van der Waals surface area contributed by atoms with Crippen LogP contribution in [0.5, 0.6) is 11.5 Å². The summed E-state index contributed by atoms with van der Waals surface area (Å²) in [7, 11) is 1.56. The van der Waals surface area contributed by atoms with Crippen molar-refractivity contribution in [3.63, 3.8) is 0 Å². The van der Waals surface area contributed by atoms with Crippen molar-refractivity contribution >= 4 is 11.9 Å². The number of amides is 3. The van der Waals surface area contributed by atoms with Gasteiger partial charge in [-0.3, -0.25) is 4.79 Å². The number of methoxy groups -OCH3 is 1. The monoisotopic (exact) mass is 441 g/mol. The van der Waals surface area contributed by atoms with Crippen molar-refractivity contribution in [3.8, 4) is 11.5 Å². The van der Waals surface area contributed by atoms with Crippen molar-refractivity contribution in [1.29, 1.82) is 0 Å². The maximum atomic E-state index is 13.7. The topological polar surface area (TPSA) is 71.1 Å². The standard InChI is InChI=1S/C24H28FN3O4/c1-24(2)15-20(19-8-7-17(25)14-21(19)32-24)26-23(30)28-11-9-27(10-12-28)22(29)16-5-4-6-18(13-16)31-3/h4-8,13-14,20H,9-12,15H2,1-3H3,(H,26,30). The van der Waals surface area contributed by atoms with E-state index in [1.54, 1.807) is 47.2 Å². The van der Waals surface area contributed by atoms with Gasteiger partial charge in [-0.2, -0.15) is 0 Å². The third kappa shape index (κ3) is 4.64. The average Bonchev–Trinajstić information content (AvgIpc) is 2.77. The van der Waals surface area contributed by atoms with Crippen LogP contribution in [0.15, 0.2) is 42.5 Å². The molecule has 1 unspecified atom stereocenters. The first-order valence-electron chi connectivity index (χ1n) is 10.7. The molecule has 0 aliphatic carbocycles. The van der Waals surface area contributed by atoms with E-state index in [1.807, 2.05) is 13.8 Å². The molecule has 2 aliphatic rings. The summed E-state index contributed by atoms with van der Waals surface area (Å²) in [5.41, 5.74) is 0.807. The van der Waals surface area contributed by atoms with Crippen molar-refractivity contribution in [3.05, 3.63) is 59.4 Å². The molecule has 2 aromatic rings. The van der Waals surface area contributed by atoms with E-state index in [-0.39, 0.29) is 23.8 Å². The molecule has 2 heterocycles. The number of rotatable bonds is 3. The number of hydrogen-bond acceptors (Lipinski definition) is 4. The van der Waals surface area contributed by atoms with E-state index in [4.69, 9.17) is 9.47 Å². The minimum atomic E-state index is -0.527. The Bertz CT molecular complexity index is 1020. The van der Waals surface area contributed by atoms with Gasteiger partial charge in [-0.1, -0.05) is 12.1 Å². The lowest BCUT2D eigenvalue weighted by Crippen LogP contribution is -2.54. The van der Waals surface area contributed by atoms with Crippen LogP contribution in [-0.4, -0.2) is 60.6 Å². The summed E-state index contributed by atoms with van der Waals surface area (Å²) in [6, 6.07) is 11.0. The van der Waals surface area contributed by atoms with Crippen LogP contribution in [0.2, 0.25) is 0 Å². The number of ether oxygens (including phenoxy) is 2. The molecular formula is C24H28FN3O4. The maximum absolute atomic E-state index is 13.7. The maximum Gasteiger partial charge on any atom is 0.318 e. The van der Waals surface area contributed by atoms with Crippen LogP contribution in [0, 0.1) is 5.82 Å². The highest BCUT2D eigenvalue weighted by Gasteiger charge is 2.36. The highest BCUT2D eigenvalue weighted by atomic mass is 19.1. The molecule has 1 atom stereocenters. The Labute approximate surface area is 187 Å². The lowest BCUT2D eigenvalue weighted by atomic mass is 9.89. The molecule has 0 bridgehead atoms. The second kappa shape index (κ2) is 8.68. The molecule has 0 saturated carbocycles. The number of carbonyl (C=O) groups is 2. The van der Waals surface area contributed by atoms with Crippen LogP contribution in [0.1, 0.15) is 42.2 Å². The molecule has 1 fully saturated rings. The summed E-state index contributed by atoms with van der Waals surface area (Å²) in [6.07, 6.45) is 0.575. The van der Waals surface area contributed by atoms with Gasteiger partial charge in [0, 0.05) is 49.8 Å². The Kier molecular flexibility index (Phi) is 5.95. The van der Waals surface area contributed by atoms with Crippen LogP contribution in [-0.2, 0) is 0 Å². The summed E-state index contributed by atoms with van der Waals surface area (Å²) >= 11 is 0. The minimum Gasteiger partial charge on any atom is -0.497 e. The molecular weight excluding hydrogens is 413 g/mol. The molecule has 170 valence electrons. The molecule has 0 radical (unpaired) electrons. The predicted octanol–water partition coefficient (Wildman–Crippen LogP) is 3.60. The number of nitrogens with zero attached hydrogens (tertiary/aromatic N) is 2. The fraction of sp³-hybridized carbons (Fsp3) is 0.417. The zero-order chi connectivity index (χ0) is 22.9. The number of nitrogens with one attached hydrogen (secondary N) is 1. The first-order valence-corrected chi connectivity index (χ1v) is 10.7. The molecule has 3 amide bonds. The molecule has 1 saturated heterocycles. The van der Waals surface area contributed by atoms with Crippen molar-refractivity contribution in [2.24, 2.45) is 0 Å². The summed E-state index contributed by atoms with van der Waals surface area (Å²) in [5, 5.41) is 3.08. The lowest BCUT2D eigenvalue weighted by molar-refractivity contribution is 0.0604. The van der Waals surface area contributed by atoms with Gasteiger partial charge in [-0.25, -0.2) is 9.18 Å².